The number of carbonyl (C=O) groups excluding carboxylic acids is 1. The Morgan fingerprint density at radius 3 is 2.83 bits per heavy atom. The van der Waals surface area contributed by atoms with Crippen molar-refractivity contribution in [2.45, 2.75) is 31.8 Å². The fraction of sp³-hybridized carbons (Fsp3) is 0.429. The SMILES string of the molecule is N#Cc1ccc(CNC(=O)CC2CCCN2)cc1. The molecule has 0 bridgehead atoms. The van der Waals surface area contributed by atoms with E-state index in [9.17, 15) is 4.79 Å². The Kier molecular flexibility index (Phi) is 4.32. The van der Waals surface area contributed by atoms with Crippen molar-refractivity contribution in [2.24, 2.45) is 0 Å². The molecule has 1 heterocycles. The molecule has 1 aromatic carbocycles. The summed E-state index contributed by atoms with van der Waals surface area (Å²) < 4.78 is 0. The maximum absolute atomic E-state index is 11.7. The maximum Gasteiger partial charge on any atom is 0.221 e. The van der Waals surface area contributed by atoms with Gasteiger partial charge in [0.05, 0.1) is 11.6 Å². The molecule has 2 rings (SSSR count). The van der Waals surface area contributed by atoms with Gasteiger partial charge in [0.2, 0.25) is 5.91 Å². The van der Waals surface area contributed by atoms with Crippen LogP contribution < -0.4 is 10.6 Å². The van der Waals surface area contributed by atoms with Gasteiger partial charge in [-0.2, -0.15) is 5.26 Å². The van der Waals surface area contributed by atoms with Gasteiger partial charge in [-0.15, -0.1) is 0 Å². The fourth-order valence-electron chi connectivity index (χ4n) is 2.12. The van der Waals surface area contributed by atoms with Crippen LogP contribution in [0.5, 0.6) is 0 Å². The number of amides is 1. The third-order valence-corrected chi connectivity index (χ3v) is 3.17. The van der Waals surface area contributed by atoms with Crippen molar-refractivity contribution >= 4 is 5.91 Å². The number of nitriles is 1. The summed E-state index contributed by atoms with van der Waals surface area (Å²) in [6.07, 6.45) is 2.80. The van der Waals surface area contributed by atoms with Gasteiger partial charge in [0, 0.05) is 19.0 Å². The molecule has 1 amide bonds. The average molecular weight is 243 g/mol. The third kappa shape index (κ3) is 3.57. The van der Waals surface area contributed by atoms with Crippen LogP contribution in [0.15, 0.2) is 24.3 Å². The van der Waals surface area contributed by atoms with Crippen LogP contribution in [0.2, 0.25) is 0 Å². The van der Waals surface area contributed by atoms with Gasteiger partial charge in [-0.3, -0.25) is 4.79 Å². The van der Waals surface area contributed by atoms with Crippen molar-refractivity contribution in [3.63, 3.8) is 0 Å². The van der Waals surface area contributed by atoms with Crippen LogP contribution in [-0.2, 0) is 11.3 Å². The number of nitrogens with one attached hydrogen (secondary N) is 2. The molecular weight excluding hydrogens is 226 g/mol. The summed E-state index contributed by atoms with van der Waals surface area (Å²) in [5.41, 5.74) is 1.65. The van der Waals surface area contributed by atoms with E-state index in [1.165, 1.54) is 0 Å². The Hall–Kier alpha value is -1.86. The van der Waals surface area contributed by atoms with Crippen LogP contribution in [0, 0.1) is 11.3 Å². The van der Waals surface area contributed by atoms with Crippen molar-refractivity contribution in [1.82, 2.24) is 10.6 Å². The molecule has 4 nitrogen and oxygen atoms in total. The van der Waals surface area contributed by atoms with E-state index in [0.29, 0.717) is 24.6 Å². The first-order valence-electron chi connectivity index (χ1n) is 6.27. The molecule has 1 fully saturated rings. The minimum Gasteiger partial charge on any atom is -0.352 e. The van der Waals surface area contributed by atoms with Crippen molar-refractivity contribution in [3.8, 4) is 6.07 Å². The van der Waals surface area contributed by atoms with Crippen LogP contribution in [0.25, 0.3) is 0 Å². The van der Waals surface area contributed by atoms with E-state index in [1.807, 2.05) is 12.1 Å². The summed E-state index contributed by atoms with van der Waals surface area (Å²) in [7, 11) is 0. The van der Waals surface area contributed by atoms with Gasteiger partial charge in [0.15, 0.2) is 0 Å². The molecule has 0 radical (unpaired) electrons. The molecule has 4 heteroatoms. The largest absolute Gasteiger partial charge is 0.352 e. The first-order chi connectivity index (χ1) is 8.78. The summed E-state index contributed by atoms with van der Waals surface area (Å²) in [6.45, 7) is 1.55. The molecule has 1 aliphatic rings. The highest BCUT2D eigenvalue weighted by atomic mass is 16.1. The lowest BCUT2D eigenvalue weighted by Crippen LogP contribution is -2.31. The third-order valence-electron chi connectivity index (χ3n) is 3.17. The second-order valence-corrected chi connectivity index (χ2v) is 4.58. The first kappa shape index (κ1) is 12.6. The lowest BCUT2D eigenvalue weighted by Gasteiger charge is -2.10. The van der Waals surface area contributed by atoms with E-state index < -0.39 is 0 Å². The molecule has 2 N–H and O–H groups in total. The Labute approximate surface area is 107 Å². The predicted molar refractivity (Wildman–Crippen MR) is 68.6 cm³/mol. The van der Waals surface area contributed by atoms with Gasteiger partial charge in [-0.05, 0) is 37.1 Å². The summed E-state index contributed by atoms with van der Waals surface area (Å²) in [4.78, 5) is 11.7. The lowest BCUT2D eigenvalue weighted by molar-refractivity contribution is -0.121. The van der Waals surface area contributed by atoms with E-state index >= 15 is 0 Å². The van der Waals surface area contributed by atoms with Crippen molar-refractivity contribution in [1.29, 1.82) is 5.26 Å². The molecule has 0 aromatic heterocycles. The molecule has 1 atom stereocenters. The zero-order valence-electron chi connectivity index (χ0n) is 10.3. The Morgan fingerprint density at radius 1 is 1.44 bits per heavy atom. The molecule has 0 spiro atoms. The smallest absolute Gasteiger partial charge is 0.221 e. The number of benzene rings is 1. The van der Waals surface area contributed by atoms with Gasteiger partial charge in [-0.25, -0.2) is 0 Å². The van der Waals surface area contributed by atoms with Gasteiger partial charge in [0.1, 0.15) is 0 Å². The molecule has 94 valence electrons. The topological polar surface area (TPSA) is 64.9 Å². The highest BCUT2D eigenvalue weighted by Crippen LogP contribution is 2.08. The first-order valence-corrected chi connectivity index (χ1v) is 6.27. The molecule has 1 aromatic rings. The van der Waals surface area contributed by atoms with Crippen LogP contribution in [-0.4, -0.2) is 18.5 Å². The number of hydrogen-bond acceptors (Lipinski definition) is 3. The Morgan fingerprint density at radius 2 is 2.22 bits per heavy atom. The number of rotatable bonds is 4. The van der Waals surface area contributed by atoms with Crippen LogP contribution in [0.3, 0.4) is 0 Å². The molecule has 0 aliphatic carbocycles. The van der Waals surface area contributed by atoms with Gasteiger partial charge in [-0.1, -0.05) is 12.1 Å². The number of carbonyl (C=O) groups is 1. The fourth-order valence-corrected chi connectivity index (χ4v) is 2.12. The van der Waals surface area contributed by atoms with Crippen molar-refractivity contribution in [3.05, 3.63) is 35.4 Å². The molecule has 1 aliphatic heterocycles. The normalized spacial score (nSPS) is 18.3. The van der Waals surface area contributed by atoms with Crippen molar-refractivity contribution < 1.29 is 4.79 Å². The Bertz CT molecular complexity index is 441. The number of nitrogens with zero attached hydrogens (tertiary/aromatic N) is 1. The van der Waals surface area contributed by atoms with Crippen LogP contribution >= 0.6 is 0 Å². The van der Waals surface area contributed by atoms with E-state index in [0.717, 1.165) is 24.9 Å². The second kappa shape index (κ2) is 6.18. The number of hydrogen-bond donors (Lipinski definition) is 2. The maximum atomic E-state index is 11.7. The highest BCUT2D eigenvalue weighted by Gasteiger charge is 2.17. The monoisotopic (exact) mass is 243 g/mol. The van der Waals surface area contributed by atoms with E-state index in [-0.39, 0.29) is 5.91 Å². The van der Waals surface area contributed by atoms with Gasteiger partial charge >= 0.3 is 0 Å². The predicted octanol–water partition coefficient (Wildman–Crippen LogP) is 1.32. The zero-order valence-corrected chi connectivity index (χ0v) is 10.3. The summed E-state index contributed by atoms with van der Waals surface area (Å²) in [6, 6.07) is 9.67. The zero-order chi connectivity index (χ0) is 12.8. The Balaban J connectivity index is 1.76. The highest BCUT2D eigenvalue weighted by molar-refractivity contribution is 5.76. The quantitative estimate of drug-likeness (QED) is 0.838. The average Bonchev–Trinajstić information content (AvgIpc) is 2.90. The van der Waals surface area contributed by atoms with Crippen LogP contribution in [0.4, 0.5) is 0 Å². The lowest BCUT2D eigenvalue weighted by atomic mass is 10.1. The minimum absolute atomic E-state index is 0.0822. The van der Waals surface area contributed by atoms with Gasteiger partial charge < -0.3 is 10.6 Å². The minimum atomic E-state index is 0.0822. The van der Waals surface area contributed by atoms with Gasteiger partial charge in [0.25, 0.3) is 0 Å². The van der Waals surface area contributed by atoms with Crippen molar-refractivity contribution in [2.75, 3.05) is 6.54 Å². The second-order valence-electron chi connectivity index (χ2n) is 4.58. The molecular formula is C14H17N3O. The molecule has 0 saturated carbocycles. The summed E-state index contributed by atoms with van der Waals surface area (Å²) in [5.74, 6) is 0.0822. The van der Waals surface area contributed by atoms with Crippen LogP contribution in [0.1, 0.15) is 30.4 Å². The molecule has 1 saturated heterocycles. The molecule has 18 heavy (non-hydrogen) atoms. The van der Waals surface area contributed by atoms with E-state index in [1.54, 1.807) is 12.1 Å². The summed E-state index contributed by atoms with van der Waals surface area (Å²) in [5, 5.41) is 14.9. The summed E-state index contributed by atoms with van der Waals surface area (Å²) >= 11 is 0. The van der Waals surface area contributed by atoms with E-state index in [4.69, 9.17) is 5.26 Å². The van der Waals surface area contributed by atoms with E-state index in [2.05, 4.69) is 16.7 Å². The molecule has 1 unspecified atom stereocenters. The standard InChI is InChI=1S/C14H17N3O/c15-9-11-3-5-12(6-4-11)10-17-14(18)8-13-2-1-7-16-13/h3-6,13,16H,1-2,7-8,10H2,(H,17,18).